The van der Waals surface area contributed by atoms with Crippen LogP contribution in [0.3, 0.4) is 0 Å². The van der Waals surface area contributed by atoms with Crippen LogP contribution >= 0.6 is 0 Å². The number of ether oxygens (including phenoxy) is 1. The van der Waals surface area contributed by atoms with Gasteiger partial charge in [-0.1, -0.05) is 0 Å². The minimum absolute atomic E-state index is 0.0824. The van der Waals surface area contributed by atoms with Crippen LogP contribution in [0, 0.1) is 11.3 Å². The number of nitrogens with one attached hydrogen (secondary N) is 1. The fourth-order valence-electron chi connectivity index (χ4n) is 1.62. The van der Waals surface area contributed by atoms with Gasteiger partial charge in [-0.25, -0.2) is 0 Å². The fraction of sp³-hybridized carbons (Fsp3) is 0.462. The first-order valence-corrected chi connectivity index (χ1v) is 5.90. The number of anilines is 1. The first-order valence-electron chi connectivity index (χ1n) is 5.90. The van der Waals surface area contributed by atoms with Crippen LogP contribution in [0.25, 0.3) is 0 Å². The molecule has 0 radical (unpaired) electrons. The van der Waals surface area contributed by atoms with E-state index in [2.05, 4.69) is 5.32 Å². The van der Waals surface area contributed by atoms with Crippen LogP contribution in [0.4, 0.5) is 18.9 Å². The summed E-state index contributed by atoms with van der Waals surface area (Å²) in [4.78, 5) is 0. The topological polar surface area (TPSA) is 65.3 Å². The van der Waals surface area contributed by atoms with Gasteiger partial charge in [-0.05, 0) is 24.6 Å². The van der Waals surface area contributed by atoms with Gasteiger partial charge in [-0.15, -0.1) is 0 Å². The van der Waals surface area contributed by atoms with Gasteiger partial charge in [-0.3, -0.25) is 0 Å². The highest BCUT2D eigenvalue weighted by Gasteiger charge is 2.31. The van der Waals surface area contributed by atoms with E-state index in [9.17, 15) is 18.3 Å². The smallest absolute Gasteiger partial charge is 0.391 e. The number of methoxy groups -OCH3 is 1. The lowest BCUT2D eigenvalue weighted by Gasteiger charge is -2.13. The van der Waals surface area contributed by atoms with Crippen molar-refractivity contribution >= 4 is 5.69 Å². The molecule has 20 heavy (non-hydrogen) atoms. The summed E-state index contributed by atoms with van der Waals surface area (Å²) in [6, 6.07) is 4.65. The lowest BCUT2D eigenvalue weighted by molar-refractivity contribution is -0.137. The molecule has 0 aliphatic rings. The van der Waals surface area contributed by atoms with Crippen LogP contribution in [0.5, 0.6) is 0 Å². The molecule has 0 spiro atoms. The Morgan fingerprint density at radius 2 is 2.15 bits per heavy atom. The summed E-state index contributed by atoms with van der Waals surface area (Å²) in [6.45, 7) is 0.504. The number of halogens is 3. The molecular weight excluding hydrogens is 273 g/mol. The van der Waals surface area contributed by atoms with E-state index in [1.807, 2.05) is 0 Å². The van der Waals surface area contributed by atoms with Crippen molar-refractivity contribution in [2.45, 2.75) is 18.7 Å². The van der Waals surface area contributed by atoms with Gasteiger partial charge >= 0.3 is 6.18 Å². The van der Waals surface area contributed by atoms with E-state index in [-0.39, 0.29) is 12.2 Å². The number of nitrogens with zero attached hydrogens (tertiary/aromatic N) is 1. The van der Waals surface area contributed by atoms with Crippen LogP contribution in [0.1, 0.15) is 17.5 Å². The second-order valence-electron chi connectivity index (χ2n) is 4.19. The Bertz CT molecular complexity index is 483. The lowest BCUT2D eigenvalue weighted by atomic mass is 10.1. The largest absolute Gasteiger partial charge is 0.416 e. The number of rotatable bonds is 6. The summed E-state index contributed by atoms with van der Waals surface area (Å²) in [5, 5.41) is 21.1. The molecule has 4 nitrogen and oxygen atoms in total. The quantitative estimate of drug-likeness (QED) is 0.843. The number of hydrogen-bond acceptors (Lipinski definition) is 4. The summed E-state index contributed by atoms with van der Waals surface area (Å²) < 4.78 is 42.3. The third-order valence-electron chi connectivity index (χ3n) is 2.62. The zero-order chi connectivity index (χ0) is 15.2. The second-order valence-corrected chi connectivity index (χ2v) is 4.19. The van der Waals surface area contributed by atoms with Crippen LogP contribution in [-0.2, 0) is 10.9 Å². The van der Waals surface area contributed by atoms with Crippen molar-refractivity contribution in [1.29, 1.82) is 5.26 Å². The van der Waals surface area contributed by atoms with Crippen LogP contribution in [0.2, 0.25) is 0 Å². The molecule has 1 atom stereocenters. The molecule has 110 valence electrons. The number of nitriles is 1. The van der Waals surface area contributed by atoms with Crippen molar-refractivity contribution in [3.8, 4) is 6.07 Å². The summed E-state index contributed by atoms with van der Waals surface area (Å²) in [6.07, 6.45) is -4.77. The molecule has 0 saturated carbocycles. The number of alkyl halides is 3. The van der Waals surface area contributed by atoms with E-state index in [0.29, 0.717) is 18.7 Å². The molecule has 0 saturated heterocycles. The molecule has 2 N–H and O–H groups in total. The molecule has 0 aliphatic heterocycles. The van der Waals surface area contributed by atoms with Gasteiger partial charge in [0.1, 0.15) is 6.07 Å². The van der Waals surface area contributed by atoms with Gasteiger partial charge in [0.05, 0.1) is 29.5 Å². The summed E-state index contributed by atoms with van der Waals surface area (Å²) >= 11 is 0. The predicted molar refractivity (Wildman–Crippen MR) is 67.1 cm³/mol. The maximum Gasteiger partial charge on any atom is 0.416 e. The standard InChI is InChI=1S/C13H15F3N2O2/c1-20-8-11(19)4-5-18-12-3-2-10(13(14,15)16)6-9(12)7-17/h2-3,6,11,18-19H,4-5,8H2,1H3. The van der Waals surface area contributed by atoms with E-state index in [1.165, 1.54) is 13.2 Å². The Morgan fingerprint density at radius 3 is 2.70 bits per heavy atom. The van der Waals surface area contributed by atoms with E-state index in [0.717, 1.165) is 12.1 Å². The van der Waals surface area contributed by atoms with Gasteiger partial charge in [0.25, 0.3) is 0 Å². The summed E-state index contributed by atoms with van der Waals surface area (Å²) in [7, 11) is 1.46. The molecule has 0 aromatic heterocycles. The SMILES string of the molecule is COCC(O)CCNc1ccc(C(F)(F)F)cc1C#N. The Morgan fingerprint density at radius 1 is 1.45 bits per heavy atom. The normalized spacial score (nSPS) is 12.8. The van der Waals surface area contributed by atoms with Gasteiger partial charge in [0.15, 0.2) is 0 Å². The van der Waals surface area contributed by atoms with Crippen LogP contribution in [0.15, 0.2) is 18.2 Å². The third-order valence-corrected chi connectivity index (χ3v) is 2.62. The number of benzene rings is 1. The number of hydrogen-bond donors (Lipinski definition) is 2. The number of aliphatic hydroxyl groups is 1. The fourth-order valence-corrected chi connectivity index (χ4v) is 1.62. The molecule has 1 aromatic carbocycles. The Kier molecular flexibility index (Phi) is 5.80. The molecule has 1 unspecified atom stereocenters. The lowest BCUT2D eigenvalue weighted by Crippen LogP contribution is -2.18. The molecular formula is C13H15F3N2O2. The molecule has 0 amide bonds. The Balaban J connectivity index is 2.70. The van der Waals surface area contributed by atoms with Crippen molar-refractivity contribution < 1.29 is 23.0 Å². The van der Waals surface area contributed by atoms with Crippen LogP contribution in [-0.4, -0.2) is 31.5 Å². The molecule has 1 aromatic rings. The summed E-state index contributed by atoms with van der Waals surface area (Å²) in [5.74, 6) is 0. The predicted octanol–water partition coefficient (Wildman–Crippen LogP) is 2.39. The van der Waals surface area contributed by atoms with Crippen molar-refractivity contribution in [2.75, 3.05) is 25.6 Å². The van der Waals surface area contributed by atoms with Gasteiger partial charge in [0, 0.05) is 13.7 Å². The zero-order valence-electron chi connectivity index (χ0n) is 10.9. The molecule has 7 heteroatoms. The second kappa shape index (κ2) is 7.12. The third kappa shape index (κ3) is 4.72. The maximum absolute atomic E-state index is 12.5. The van der Waals surface area contributed by atoms with E-state index < -0.39 is 17.8 Å². The Hall–Kier alpha value is -1.78. The van der Waals surface area contributed by atoms with Gasteiger partial charge < -0.3 is 15.2 Å². The van der Waals surface area contributed by atoms with E-state index in [1.54, 1.807) is 6.07 Å². The minimum atomic E-state index is -4.47. The molecule has 1 rings (SSSR count). The average molecular weight is 288 g/mol. The van der Waals surface area contributed by atoms with Crippen molar-refractivity contribution in [2.24, 2.45) is 0 Å². The highest BCUT2D eigenvalue weighted by molar-refractivity contribution is 5.58. The average Bonchev–Trinajstić information content (AvgIpc) is 2.38. The molecule has 0 heterocycles. The minimum Gasteiger partial charge on any atom is -0.391 e. The number of aliphatic hydroxyl groups excluding tert-OH is 1. The molecule has 0 aliphatic carbocycles. The van der Waals surface area contributed by atoms with Crippen LogP contribution < -0.4 is 5.32 Å². The highest BCUT2D eigenvalue weighted by atomic mass is 19.4. The highest BCUT2D eigenvalue weighted by Crippen LogP contribution is 2.31. The van der Waals surface area contributed by atoms with Crippen molar-refractivity contribution in [3.63, 3.8) is 0 Å². The van der Waals surface area contributed by atoms with E-state index >= 15 is 0 Å². The van der Waals surface area contributed by atoms with Gasteiger partial charge in [-0.2, -0.15) is 18.4 Å². The monoisotopic (exact) mass is 288 g/mol. The van der Waals surface area contributed by atoms with Crippen molar-refractivity contribution in [1.82, 2.24) is 0 Å². The first-order chi connectivity index (χ1) is 9.38. The maximum atomic E-state index is 12.5. The summed E-state index contributed by atoms with van der Waals surface area (Å²) in [5.41, 5.74) is -0.634. The zero-order valence-corrected chi connectivity index (χ0v) is 10.9. The van der Waals surface area contributed by atoms with Gasteiger partial charge in [0.2, 0.25) is 0 Å². The Labute approximate surface area is 114 Å². The molecule has 0 bridgehead atoms. The van der Waals surface area contributed by atoms with Crippen molar-refractivity contribution in [3.05, 3.63) is 29.3 Å². The molecule has 0 fully saturated rings. The van der Waals surface area contributed by atoms with E-state index in [4.69, 9.17) is 10.00 Å². The first kappa shape index (κ1) is 16.3.